The molecule has 2 aliphatic heterocycles. The first kappa shape index (κ1) is 22.5. The fourth-order valence-corrected chi connectivity index (χ4v) is 6.59. The van der Waals surface area contributed by atoms with Gasteiger partial charge in [0.15, 0.2) is 0 Å². The summed E-state index contributed by atoms with van der Waals surface area (Å²) in [6.07, 6.45) is 5.15. The van der Waals surface area contributed by atoms with Gasteiger partial charge in [-0.3, -0.25) is 4.90 Å². The van der Waals surface area contributed by atoms with Gasteiger partial charge < -0.3 is 9.47 Å². The fraction of sp³-hybridized carbons (Fsp3) is 0.435. The molecule has 0 amide bonds. The third kappa shape index (κ3) is 5.46. The molecule has 5 rings (SSSR count). The van der Waals surface area contributed by atoms with E-state index in [1.807, 2.05) is 24.3 Å². The van der Waals surface area contributed by atoms with Gasteiger partial charge in [0.1, 0.15) is 23.9 Å². The van der Waals surface area contributed by atoms with Crippen molar-refractivity contribution in [2.24, 2.45) is 0 Å². The summed E-state index contributed by atoms with van der Waals surface area (Å²) in [5, 5.41) is 0.466. The summed E-state index contributed by atoms with van der Waals surface area (Å²) < 4.78 is 51.7. The maximum atomic E-state index is 13.4. The highest BCUT2D eigenvalue weighted by Crippen LogP contribution is 2.36. The Morgan fingerprint density at radius 3 is 2.52 bits per heavy atom. The van der Waals surface area contributed by atoms with E-state index in [4.69, 9.17) is 9.47 Å². The molecule has 176 valence electrons. The molecule has 2 bridgehead atoms. The summed E-state index contributed by atoms with van der Waals surface area (Å²) in [6, 6.07) is 12.7. The van der Waals surface area contributed by atoms with Crippen LogP contribution >= 0.6 is 11.3 Å². The van der Waals surface area contributed by atoms with Crippen molar-refractivity contribution in [3.63, 3.8) is 0 Å². The molecule has 0 saturated carbocycles. The average Bonchev–Trinajstić information content (AvgIpc) is 3.24. The summed E-state index contributed by atoms with van der Waals surface area (Å²) in [4.78, 5) is 6.84. The van der Waals surface area contributed by atoms with E-state index in [-0.39, 0.29) is 11.9 Å². The molecule has 2 aromatic carbocycles. The number of nitrogens with one attached hydrogen (secondary N) is 1. The van der Waals surface area contributed by atoms with Crippen LogP contribution in [0.15, 0.2) is 42.5 Å². The maximum Gasteiger partial charge on any atom is 0.279 e. The van der Waals surface area contributed by atoms with E-state index in [0.29, 0.717) is 35.2 Å². The Bertz CT molecular complexity index is 1220. The number of benzene rings is 2. The molecule has 0 aliphatic carbocycles. The Morgan fingerprint density at radius 2 is 1.82 bits per heavy atom. The predicted octanol–water partition coefficient (Wildman–Crippen LogP) is 4.15. The molecule has 7 nitrogen and oxygen atoms in total. The van der Waals surface area contributed by atoms with Crippen LogP contribution in [0.2, 0.25) is 0 Å². The normalized spacial score (nSPS) is 23.2. The molecule has 3 atom stereocenters. The Kier molecular flexibility index (Phi) is 6.26. The van der Waals surface area contributed by atoms with Gasteiger partial charge in [-0.25, -0.2) is 22.5 Å². The zero-order valence-electron chi connectivity index (χ0n) is 18.2. The predicted molar refractivity (Wildman–Crippen MR) is 126 cm³/mol. The summed E-state index contributed by atoms with van der Waals surface area (Å²) in [5.74, 6) is 1.11. The number of hydrogen-bond acceptors (Lipinski definition) is 7. The Labute approximate surface area is 196 Å². The Hall–Kier alpha value is -2.27. The molecule has 0 spiro atoms. The van der Waals surface area contributed by atoms with Crippen molar-refractivity contribution < 1.29 is 22.3 Å². The van der Waals surface area contributed by atoms with Crippen molar-refractivity contribution in [3.05, 3.63) is 48.3 Å². The van der Waals surface area contributed by atoms with Gasteiger partial charge in [0.25, 0.3) is 5.19 Å². The molecule has 3 heterocycles. The van der Waals surface area contributed by atoms with E-state index < -0.39 is 10.0 Å². The van der Waals surface area contributed by atoms with Crippen LogP contribution in [-0.4, -0.2) is 55.8 Å². The van der Waals surface area contributed by atoms with E-state index in [0.717, 1.165) is 42.7 Å². The van der Waals surface area contributed by atoms with Gasteiger partial charge in [-0.1, -0.05) is 11.3 Å². The van der Waals surface area contributed by atoms with Gasteiger partial charge in [0, 0.05) is 24.7 Å². The summed E-state index contributed by atoms with van der Waals surface area (Å²) in [7, 11) is -3.17. The first-order chi connectivity index (χ1) is 15.8. The highest BCUT2D eigenvalue weighted by molar-refractivity contribution is 7.88. The Morgan fingerprint density at radius 1 is 1.12 bits per heavy atom. The second kappa shape index (κ2) is 9.17. The van der Waals surface area contributed by atoms with Crippen LogP contribution in [0, 0.1) is 5.82 Å². The van der Waals surface area contributed by atoms with E-state index in [2.05, 4.69) is 14.6 Å². The highest BCUT2D eigenvalue weighted by Gasteiger charge is 2.41. The monoisotopic (exact) mass is 491 g/mol. The number of sulfonamides is 1. The van der Waals surface area contributed by atoms with Gasteiger partial charge >= 0.3 is 0 Å². The zero-order chi connectivity index (χ0) is 23.0. The number of rotatable bonds is 8. The Balaban J connectivity index is 1.12. The maximum absolute atomic E-state index is 13.4. The topological polar surface area (TPSA) is 80.8 Å². The van der Waals surface area contributed by atoms with Crippen LogP contribution in [0.25, 0.3) is 10.2 Å². The van der Waals surface area contributed by atoms with Crippen LogP contribution in [0.4, 0.5) is 4.39 Å². The van der Waals surface area contributed by atoms with E-state index in [9.17, 15) is 12.8 Å². The summed E-state index contributed by atoms with van der Waals surface area (Å²) in [6.45, 7) is 1.39. The standard InChI is InChI=1S/C23H26FN3O4S2/c1-33(28,29)26-16-13-17-3-4-18(14-16)27(17)10-11-30-19-5-7-20(8-6-19)31-23-25-21-9-2-15(24)12-22(21)32-23/h2,5-9,12,16-18,26H,3-4,10-11,13-14H2,1H3/t16-,17-,18+. The molecule has 10 heteroatoms. The molecule has 1 aromatic heterocycles. The van der Waals surface area contributed by atoms with Crippen molar-refractivity contribution in [3.8, 4) is 16.7 Å². The lowest BCUT2D eigenvalue weighted by Crippen LogP contribution is -2.51. The smallest absolute Gasteiger partial charge is 0.279 e. The largest absolute Gasteiger partial charge is 0.492 e. The molecule has 3 aromatic rings. The van der Waals surface area contributed by atoms with Gasteiger partial charge in [0.05, 0.1) is 16.5 Å². The number of halogens is 1. The summed E-state index contributed by atoms with van der Waals surface area (Å²) in [5.41, 5.74) is 0.710. The molecule has 2 saturated heterocycles. The quantitative estimate of drug-likeness (QED) is 0.510. The number of aromatic nitrogens is 1. The van der Waals surface area contributed by atoms with Gasteiger partial charge in [-0.2, -0.15) is 0 Å². The summed E-state index contributed by atoms with van der Waals surface area (Å²) >= 11 is 1.30. The minimum Gasteiger partial charge on any atom is -0.492 e. The molecular weight excluding hydrogens is 465 g/mol. The molecule has 2 aliphatic rings. The third-order valence-electron chi connectivity index (χ3n) is 6.24. The van der Waals surface area contributed by atoms with Crippen LogP contribution in [0.1, 0.15) is 25.7 Å². The lowest BCUT2D eigenvalue weighted by atomic mass is 9.98. The van der Waals surface area contributed by atoms with Crippen molar-refractivity contribution in [1.82, 2.24) is 14.6 Å². The van der Waals surface area contributed by atoms with Crippen molar-refractivity contribution in [1.29, 1.82) is 0 Å². The van der Waals surface area contributed by atoms with Crippen LogP contribution < -0.4 is 14.2 Å². The second-order valence-electron chi connectivity index (χ2n) is 8.69. The minimum absolute atomic E-state index is 0.0386. The number of ether oxygens (including phenoxy) is 2. The molecule has 0 unspecified atom stereocenters. The molecule has 33 heavy (non-hydrogen) atoms. The lowest BCUT2D eigenvalue weighted by Gasteiger charge is -2.38. The molecule has 0 radical (unpaired) electrons. The minimum atomic E-state index is -3.17. The first-order valence-corrected chi connectivity index (χ1v) is 13.7. The number of piperidine rings is 1. The van der Waals surface area contributed by atoms with Crippen LogP contribution in [0.3, 0.4) is 0 Å². The van der Waals surface area contributed by atoms with E-state index in [1.165, 1.54) is 29.7 Å². The lowest BCUT2D eigenvalue weighted by molar-refractivity contribution is 0.103. The molecule has 2 fully saturated rings. The number of hydrogen-bond donors (Lipinski definition) is 1. The van der Waals surface area contributed by atoms with Crippen LogP contribution in [0.5, 0.6) is 16.7 Å². The first-order valence-electron chi connectivity index (χ1n) is 11.0. The van der Waals surface area contributed by atoms with Gasteiger partial charge in [-0.05, 0) is 68.1 Å². The number of fused-ring (bicyclic) bond motifs is 3. The van der Waals surface area contributed by atoms with Crippen molar-refractivity contribution >= 4 is 31.6 Å². The SMILES string of the molecule is CS(=O)(=O)N[C@@H]1C[C@H]2CC[C@@H](C1)N2CCOc1ccc(Oc2nc3ccc(F)cc3s2)cc1. The van der Waals surface area contributed by atoms with Crippen LogP contribution in [-0.2, 0) is 10.0 Å². The van der Waals surface area contributed by atoms with E-state index >= 15 is 0 Å². The number of nitrogens with zero attached hydrogens (tertiary/aromatic N) is 2. The second-order valence-corrected chi connectivity index (χ2v) is 11.5. The molecular formula is C23H26FN3O4S2. The van der Waals surface area contributed by atoms with Crippen molar-refractivity contribution in [2.75, 3.05) is 19.4 Å². The molecule has 1 N–H and O–H groups in total. The van der Waals surface area contributed by atoms with Gasteiger partial charge in [-0.15, -0.1) is 0 Å². The third-order valence-corrected chi connectivity index (χ3v) is 7.90. The average molecular weight is 492 g/mol. The zero-order valence-corrected chi connectivity index (χ0v) is 19.9. The fourth-order valence-electron chi connectivity index (χ4n) is 4.93. The van der Waals surface area contributed by atoms with Crippen molar-refractivity contribution in [2.45, 2.75) is 43.8 Å². The van der Waals surface area contributed by atoms with E-state index in [1.54, 1.807) is 6.07 Å². The number of thiazole rings is 1. The van der Waals surface area contributed by atoms with Gasteiger partial charge in [0.2, 0.25) is 10.0 Å². The highest BCUT2D eigenvalue weighted by atomic mass is 32.2.